The highest BCUT2D eigenvalue weighted by molar-refractivity contribution is 7.59. The number of anilines is 1. The van der Waals surface area contributed by atoms with E-state index < -0.39 is 7.44 Å². The third-order valence-electron chi connectivity index (χ3n) is 7.24. The fraction of sp³-hybridized carbons (Fsp3) is 0.750. The Bertz CT molecular complexity index is 682. The summed E-state index contributed by atoms with van der Waals surface area (Å²) in [7, 11) is 1.44. The third-order valence-corrected chi connectivity index (χ3v) is 10.9. The molecule has 3 fully saturated rings. The van der Waals surface area contributed by atoms with Crippen LogP contribution in [0, 0.1) is 0 Å². The molecule has 0 radical (unpaired) electrons. The van der Waals surface area contributed by atoms with Gasteiger partial charge in [-0.15, -0.1) is 0 Å². The molecule has 0 amide bonds. The molecular formula is C24H41N4OP. The Balaban J connectivity index is 1.76. The minimum atomic E-state index is -2.73. The maximum Gasteiger partial charge on any atom is 0.237 e. The van der Waals surface area contributed by atoms with Gasteiger partial charge in [-0.2, -0.15) is 0 Å². The van der Waals surface area contributed by atoms with E-state index in [4.69, 9.17) is 0 Å². The Morgan fingerprint density at radius 1 is 0.700 bits per heavy atom. The number of nitrogens with zero attached hydrogens (tertiary/aromatic N) is 4. The first-order chi connectivity index (χ1) is 14.6. The summed E-state index contributed by atoms with van der Waals surface area (Å²) in [5.74, 6) is 0.00483. The number of rotatable bonds is 6. The summed E-state index contributed by atoms with van der Waals surface area (Å²) in [6.07, 6.45) is 11.1. The minimum Gasteiger partial charge on any atom is -0.378 e. The van der Waals surface area contributed by atoms with Crippen LogP contribution in [0.1, 0.15) is 69.1 Å². The monoisotopic (exact) mass is 432 g/mol. The van der Waals surface area contributed by atoms with Crippen molar-refractivity contribution in [3.8, 4) is 0 Å². The van der Waals surface area contributed by atoms with E-state index in [0.717, 1.165) is 39.3 Å². The van der Waals surface area contributed by atoms with Crippen LogP contribution in [0.5, 0.6) is 0 Å². The highest BCUT2D eigenvalue weighted by Gasteiger charge is 2.48. The molecule has 3 heterocycles. The molecule has 3 aliphatic heterocycles. The zero-order chi connectivity index (χ0) is 21.0. The van der Waals surface area contributed by atoms with Crippen LogP contribution in [0.15, 0.2) is 24.3 Å². The molecular weight excluding hydrogens is 391 g/mol. The summed E-state index contributed by atoms with van der Waals surface area (Å²) < 4.78 is 20.2. The van der Waals surface area contributed by atoms with E-state index in [1.807, 2.05) is 0 Å². The maximum absolute atomic E-state index is 15.3. The summed E-state index contributed by atoms with van der Waals surface area (Å²) >= 11 is 0. The third kappa shape index (κ3) is 4.65. The van der Waals surface area contributed by atoms with Crippen molar-refractivity contribution in [1.29, 1.82) is 0 Å². The molecule has 1 aromatic carbocycles. The average molecular weight is 433 g/mol. The van der Waals surface area contributed by atoms with Gasteiger partial charge >= 0.3 is 0 Å². The van der Waals surface area contributed by atoms with Gasteiger partial charge < -0.3 is 4.90 Å². The summed E-state index contributed by atoms with van der Waals surface area (Å²) in [5.41, 5.74) is 2.46. The molecule has 0 aliphatic carbocycles. The van der Waals surface area contributed by atoms with E-state index in [2.05, 4.69) is 57.5 Å². The van der Waals surface area contributed by atoms with Crippen LogP contribution < -0.4 is 4.90 Å². The molecule has 30 heavy (non-hydrogen) atoms. The summed E-state index contributed by atoms with van der Waals surface area (Å²) in [6.45, 7) is 6.13. The largest absolute Gasteiger partial charge is 0.378 e. The SMILES string of the molecule is CN(C)c1ccc([C@H](N2CCCCC2)P(=O)(N2CCCCC2)N2CCCCC2)cc1. The molecule has 0 saturated carbocycles. The van der Waals surface area contributed by atoms with Crippen LogP contribution in [-0.4, -0.2) is 67.6 Å². The quantitative estimate of drug-likeness (QED) is 0.562. The Hall–Kier alpha value is -0.870. The fourth-order valence-corrected chi connectivity index (χ4v) is 9.45. The Labute approximate surface area is 183 Å². The maximum atomic E-state index is 15.3. The fourth-order valence-electron chi connectivity index (χ4n) is 5.54. The summed E-state index contributed by atoms with van der Waals surface area (Å²) in [4.78, 5) is 4.73. The van der Waals surface area contributed by atoms with Crippen molar-refractivity contribution in [1.82, 2.24) is 14.2 Å². The number of hydrogen-bond acceptors (Lipinski definition) is 3. The van der Waals surface area contributed by atoms with Gasteiger partial charge in [0.25, 0.3) is 0 Å². The number of benzene rings is 1. The lowest BCUT2D eigenvalue weighted by Crippen LogP contribution is -2.45. The zero-order valence-corrected chi connectivity index (χ0v) is 20.0. The molecule has 3 aliphatic rings. The lowest BCUT2D eigenvalue weighted by molar-refractivity contribution is 0.178. The van der Waals surface area contributed by atoms with E-state index in [1.165, 1.54) is 69.0 Å². The second-order valence-electron chi connectivity index (χ2n) is 9.57. The smallest absolute Gasteiger partial charge is 0.237 e. The van der Waals surface area contributed by atoms with Gasteiger partial charge in [-0.05, 0) is 69.3 Å². The van der Waals surface area contributed by atoms with Crippen molar-refractivity contribution in [3.05, 3.63) is 29.8 Å². The van der Waals surface area contributed by atoms with Gasteiger partial charge in [0.1, 0.15) is 5.78 Å². The predicted molar refractivity (Wildman–Crippen MR) is 127 cm³/mol. The van der Waals surface area contributed by atoms with Gasteiger partial charge in [0.2, 0.25) is 7.44 Å². The van der Waals surface area contributed by atoms with E-state index in [0.29, 0.717) is 0 Å². The van der Waals surface area contributed by atoms with Crippen molar-refractivity contribution >= 4 is 13.1 Å². The van der Waals surface area contributed by atoms with Crippen molar-refractivity contribution < 1.29 is 4.57 Å². The van der Waals surface area contributed by atoms with E-state index in [-0.39, 0.29) is 5.78 Å². The predicted octanol–water partition coefficient (Wildman–Crippen LogP) is 5.40. The molecule has 0 N–H and O–H groups in total. The first-order valence-corrected chi connectivity index (χ1v) is 13.9. The van der Waals surface area contributed by atoms with Crippen LogP contribution >= 0.6 is 7.44 Å². The molecule has 4 rings (SSSR count). The molecule has 0 spiro atoms. The molecule has 0 bridgehead atoms. The average Bonchev–Trinajstić information content (AvgIpc) is 2.81. The summed E-state index contributed by atoms with van der Waals surface area (Å²) in [6, 6.07) is 8.94. The van der Waals surface area contributed by atoms with Crippen molar-refractivity contribution in [2.24, 2.45) is 0 Å². The van der Waals surface area contributed by atoms with Crippen molar-refractivity contribution in [2.75, 3.05) is 58.3 Å². The van der Waals surface area contributed by atoms with E-state index in [1.54, 1.807) is 0 Å². The van der Waals surface area contributed by atoms with Gasteiger partial charge in [0, 0.05) is 46.0 Å². The van der Waals surface area contributed by atoms with Crippen LogP contribution in [0.3, 0.4) is 0 Å². The van der Waals surface area contributed by atoms with Gasteiger partial charge in [0.05, 0.1) is 0 Å². The van der Waals surface area contributed by atoms with Crippen LogP contribution in [0.2, 0.25) is 0 Å². The Morgan fingerprint density at radius 2 is 1.13 bits per heavy atom. The highest BCUT2D eigenvalue weighted by Crippen LogP contribution is 2.66. The van der Waals surface area contributed by atoms with Crippen LogP contribution in [0.4, 0.5) is 5.69 Å². The van der Waals surface area contributed by atoms with Crippen LogP contribution in [0.25, 0.3) is 0 Å². The second-order valence-corrected chi connectivity index (χ2v) is 12.4. The van der Waals surface area contributed by atoms with Crippen molar-refractivity contribution in [3.63, 3.8) is 0 Å². The molecule has 6 heteroatoms. The normalized spacial score (nSPS) is 23.9. The lowest BCUT2D eigenvalue weighted by atomic mass is 10.1. The molecule has 168 valence electrons. The van der Waals surface area contributed by atoms with Crippen LogP contribution in [-0.2, 0) is 4.57 Å². The first kappa shape index (κ1) is 22.3. The standard InChI is InChI=1S/C24H41N4OP/c1-25(2)23-14-12-22(13-15-23)24(26-16-6-3-7-17-26)30(29,27-18-8-4-9-19-27)28-20-10-5-11-21-28/h12-15,24H,3-11,16-21H2,1-2H3/t24-/m1/s1. The minimum absolute atomic E-state index is 0.00483. The topological polar surface area (TPSA) is 30.0 Å². The van der Waals surface area contributed by atoms with Crippen molar-refractivity contribution in [2.45, 2.75) is 63.6 Å². The second kappa shape index (κ2) is 10.2. The molecule has 1 aromatic rings. The van der Waals surface area contributed by atoms with E-state index in [9.17, 15) is 0 Å². The number of hydrogen-bond donors (Lipinski definition) is 0. The lowest BCUT2D eigenvalue weighted by Gasteiger charge is -2.49. The van der Waals surface area contributed by atoms with Gasteiger partial charge in [0.15, 0.2) is 0 Å². The highest BCUT2D eigenvalue weighted by atomic mass is 31.2. The molecule has 0 aromatic heterocycles. The van der Waals surface area contributed by atoms with Gasteiger partial charge in [-0.3, -0.25) is 9.46 Å². The first-order valence-electron chi connectivity index (χ1n) is 12.2. The number of likely N-dealkylation sites (tertiary alicyclic amines) is 1. The molecule has 0 unspecified atom stereocenters. The molecule has 1 atom stereocenters. The Morgan fingerprint density at radius 3 is 1.57 bits per heavy atom. The Kier molecular flexibility index (Phi) is 7.57. The van der Waals surface area contributed by atoms with Gasteiger partial charge in [-0.1, -0.05) is 31.4 Å². The zero-order valence-electron chi connectivity index (χ0n) is 19.1. The number of piperidine rings is 3. The van der Waals surface area contributed by atoms with Gasteiger partial charge in [-0.25, -0.2) is 9.34 Å². The molecule has 5 nitrogen and oxygen atoms in total. The molecule has 3 saturated heterocycles. The summed E-state index contributed by atoms with van der Waals surface area (Å²) in [5, 5.41) is 0. The van der Waals surface area contributed by atoms with E-state index >= 15 is 4.57 Å².